The lowest BCUT2D eigenvalue weighted by Crippen LogP contribution is -2.30. The minimum atomic E-state index is -0.534. The van der Waals surface area contributed by atoms with E-state index in [2.05, 4.69) is 57.2 Å². The van der Waals surface area contributed by atoms with Crippen LogP contribution in [-0.4, -0.2) is 37.9 Å². The van der Waals surface area contributed by atoms with Gasteiger partial charge in [0.2, 0.25) is 0 Å². The fourth-order valence-electron chi connectivity index (χ4n) is 6.70. The quantitative estimate of drug-likeness (QED) is 0.0352. The van der Waals surface area contributed by atoms with Crippen molar-refractivity contribution in [3.05, 3.63) is 36.5 Å². The highest BCUT2D eigenvalue weighted by Crippen LogP contribution is 2.15. The van der Waals surface area contributed by atoms with E-state index < -0.39 is 6.10 Å². The van der Waals surface area contributed by atoms with E-state index in [9.17, 15) is 9.59 Å². The summed E-state index contributed by atoms with van der Waals surface area (Å²) in [6.07, 6.45) is 52.9. The lowest BCUT2D eigenvalue weighted by Gasteiger charge is -2.18. The number of esters is 2. The van der Waals surface area contributed by atoms with E-state index in [1.54, 1.807) is 0 Å². The SMILES string of the molecule is CC/C=C\C/C=C\C/C=C\CCCCCCCCOCC(COC(=O)CCCCCCCCCCCCCCC)OC(=O)CCCCCCCCCCC. The van der Waals surface area contributed by atoms with Gasteiger partial charge in [0.1, 0.15) is 6.61 Å². The van der Waals surface area contributed by atoms with Crippen LogP contribution in [-0.2, 0) is 23.8 Å². The zero-order chi connectivity index (χ0) is 39.3. The molecule has 0 amide bonds. The first-order valence-electron chi connectivity index (χ1n) is 23.5. The van der Waals surface area contributed by atoms with Crippen LogP contribution in [0.4, 0.5) is 0 Å². The van der Waals surface area contributed by atoms with Crippen LogP contribution < -0.4 is 0 Å². The third-order valence-corrected chi connectivity index (χ3v) is 10.2. The maximum absolute atomic E-state index is 12.7. The van der Waals surface area contributed by atoms with Gasteiger partial charge in [-0.15, -0.1) is 0 Å². The molecule has 0 bridgehead atoms. The van der Waals surface area contributed by atoms with Crippen molar-refractivity contribution >= 4 is 11.9 Å². The maximum Gasteiger partial charge on any atom is 0.306 e. The van der Waals surface area contributed by atoms with Crippen LogP contribution in [0.25, 0.3) is 0 Å². The number of ether oxygens (including phenoxy) is 3. The van der Waals surface area contributed by atoms with Crippen molar-refractivity contribution in [3.63, 3.8) is 0 Å². The minimum Gasteiger partial charge on any atom is -0.462 e. The van der Waals surface area contributed by atoms with Crippen LogP contribution in [0.5, 0.6) is 0 Å². The summed E-state index contributed by atoms with van der Waals surface area (Å²) in [6.45, 7) is 7.70. The lowest BCUT2D eigenvalue weighted by molar-refractivity contribution is -0.163. The number of hydrogen-bond acceptors (Lipinski definition) is 5. The average Bonchev–Trinajstić information content (AvgIpc) is 3.17. The normalized spacial score (nSPS) is 12.4. The van der Waals surface area contributed by atoms with Gasteiger partial charge in [-0.25, -0.2) is 0 Å². The molecular weight excluding hydrogens is 669 g/mol. The van der Waals surface area contributed by atoms with Gasteiger partial charge in [-0.3, -0.25) is 9.59 Å². The molecule has 5 heteroatoms. The molecule has 0 aromatic rings. The molecule has 5 nitrogen and oxygen atoms in total. The van der Waals surface area contributed by atoms with Gasteiger partial charge in [-0.2, -0.15) is 0 Å². The number of allylic oxidation sites excluding steroid dienone is 6. The smallest absolute Gasteiger partial charge is 0.306 e. The summed E-state index contributed by atoms with van der Waals surface area (Å²) in [5, 5.41) is 0. The van der Waals surface area contributed by atoms with Crippen molar-refractivity contribution in [1.29, 1.82) is 0 Å². The highest BCUT2D eigenvalue weighted by atomic mass is 16.6. The van der Waals surface area contributed by atoms with Crippen molar-refractivity contribution in [3.8, 4) is 0 Å². The largest absolute Gasteiger partial charge is 0.462 e. The van der Waals surface area contributed by atoms with E-state index in [1.165, 1.54) is 141 Å². The molecule has 1 unspecified atom stereocenters. The number of unbranched alkanes of at least 4 members (excludes halogenated alkanes) is 26. The molecule has 316 valence electrons. The van der Waals surface area contributed by atoms with Crippen LogP contribution in [0.15, 0.2) is 36.5 Å². The van der Waals surface area contributed by atoms with Gasteiger partial charge in [0, 0.05) is 19.4 Å². The van der Waals surface area contributed by atoms with Crippen LogP contribution in [0.2, 0.25) is 0 Å². The molecule has 0 rings (SSSR count). The number of rotatable bonds is 43. The number of carbonyl (C=O) groups excluding carboxylic acids is 2. The average molecular weight is 759 g/mol. The Bertz CT molecular complexity index is 862. The fraction of sp³-hybridized carbons (Fsp3) is 0.837. The van der Waals surface area contributed by atoms with E-state index in [1.807, 2.05) is 0 Å². The molecule has 0 N–H and O–H groups in total. The zero-order valence-electron chi connectivity index (χ0n) is 36.2. The molecule has 0 aromatic carbocycles. The summed E-state index contributed by atoms with van der Waals surface area (Å²) < 4.78 is 17.3. The first-order valence-corrected chi connectivity index (χ1v) is 23.5. The second kappa shape index (κ2) is 45.5. The third kappa shape index (κ3) is 42.9. The summed E-state index contributed by atoms with van der Waals surface area (Å²) in [4.78, 5) is 25.2. The second-order valence-corrected chi connectivity index (χ2v) is 15.6. The Balaban J connectivity index is 4.20. The first-order chi connectivity index (χ1) is 26.6. The van der Waals surface area contributed by atoms with Crippen molar-refractivity contribution in [2.24, 2.45) is 0 Å². The highest BCUT2D eigenvalue weighted by Gasteiger charge is 2.17. The molecule has 0 aliphatic heterocycles. The second-order valence-electron chi connectivity index (χ2n) is 15.6. The van der Waals surface area contributed by atoms with Gasteiger partial charge in [0.25, 0.3) is 0 Å². The van der Waals surface area contributed by atoms with E-state index in [0.29, 0.717) is 19.4 Å². The number of carbonyl (C=O) groups is 2. The Labute approximate surface area is 336 Å². The summed E-state index contributed by atoms with van der Waals surface area (Å²) in [5.41, 5.74) is 0. The molecule has 0 aliphatic rings. The molecular formula is C49H90O5. The van der Waals surface area contributed by atoms with Gasteiger partial charge in [-0.1, -0.05) is 211 Å². The summed E-state index contributed by atoms with van der Waals surface area (Å²) in [5.74, 6) is -0.397. The predicted molar refractivity (Wildman–Crippen MR) is 233 cm³/mol. The fourth-order valence-corrected chi connectivity index (χ4v) is 6.70. The predicted octanol–water partition coefficient (Wildman–Crippen LogP) is 15.4. The zero-order valence-corrected chi connectivity index (χ0v) is 36.2. The van der Waals surface area contributed by atoms with Crippen LogP contribution in [0, 0.1) is 0 Å². The maximum atomic E-state index is 12.7. The number of hydrogen-bond donors (Lipinski definition) is 0. The standard InChI is InChI=1S/C49H90O5/c1-4-7-10-13-16-19-21-23-24-25-27-29-32-35-38-41-44-52-45-47(54-49(51)43-40-37-34-30-18-15-12-9-6-3)46-53-48(50)42-39-36-33-31-28-26-22-20-17-14-11-8-5-2/h7,10,16,19,23-24,47H,4-6,8-9,11-15,17-18,20-22,25-46H2,1-3H3/b10-7-,19-16-,24-23-. The Morgan fingerprint density at radius 3 is 1.33 bits per heavy atom. The van der Waals surface area contributed by atoms with Crippen LogP contribution in [0.1, 0.15) is 239 Å². The Kier molecular flexibility index (Phi) is 43.9. The van der Waals surface area contributed by atoms with Crippen molar-refractivity contribution in [2.45, 2.75) is 245 Å². The molecule has 0 heterocycles. The van der Waals surface area contributed by atoms with Crippen molar-refractivity contribution in [2.75, 3.05) is 19.8 Å². The van der Waals surface area contributed by atoms with Crippen LogP contribution >= 0.6 is 0 Å². The van der Waals surface area contributed by atoms with E-state index in [-0.39, 0.29) is 25.2 Å². The molecule has 0 fully saturated rings. The highest BCUT2D eigenvalue weighted by molar-refractivity contribution is 5.70. The van der Waals surface area contributed by atoms with E-state index in [4.69, 9.17) is 14.2 Å². The first kappa shape index (κ1) is 52.1. The molecule has 0 spiro atoms. The monoisotopic (exact) mass is 759 g/mol. The minimum absolute atomic E-state index is 0.0851. The van der Waals surface area contributed by atoms with Gasteiger partial charge >= 0.3 is 11.9 Å². The third-order valence-electron chi connectivity index (χ3n) is 10.2. The molecule has 0 saturated heterocycles. The molecule has 1 atom stereocenters. The Hall–Kier alpha value is -1.88. The van der Waals surface area contributed by atoms with E-state index in [0.717, 1.165) is 64.2 Å². The van der Waals surface area contributed by atoms with Crippen LogP contribution in [0.3, 0.4) is 0 Å². The molecule has 0 aliphatic carbocycles. The molecule has 54 heavy (non-hydrogen) atoms. The Morgan fingerprint density at radius 1 is 0.426 bits per heavy atom. The Morgan fingerprint density at radius 2 is 0.833 bits per heavy atom. The topological polar surface area (TPSA) is 61.8 Å². The van der Waals surface area contributed by atoms with Gasteiger partial charge in [-0.05, 0) is 51.4 Å². The summed E-state index contributed by atoms with van der Waals surface area (Å²) in [7, 11) is 0. The van der Waals surface area contributed by atoms with Gasteiger partial charge in [0.15, 0.2) is 6.10 Å². The summed E-state index contributed by atoms with van der Waals surface area (Å²) >= 11 is 0. The van der Waals surface area contributed by atoms with Gasteiger partial charge in [0.05, 0.1) is 6.61 Å². The van der Waals surface area contributed by atoms with Crippen molar-refractivity contribution < 1.29 is 23.8 Å². The van der Waals surface area contributed by atoms with E-state index >= 15 is 0 Å². The summed E-state index contributed by atoms with van der Waals surface area (Å²) in [6, 6.07) is 0. The molecule has 0 radical (unpaired) electrons. The lowest BCUT2D eigenvalue weighted by atomic mass is 10.0. The van der Waals surface area contributed by atoms with Crippen molar-refractivity contribution in [1.82, 2.24) is 0 Å². The molecule has 0 saturated carbocycles. The van der Waals surface area contributed by atoms with Gasteiger partial charge < -0.3 is 14.2 Å². The molecule has 0 aromatic heterocycles.